The van der Waals surface area contributed by atoms with Gasteiger partial charge in [-0.15, -0.1) is 0 Å². The molecule has 2 fully saturated rings. The molecule has 3 heterocycles. The highest BCUT2D eigenvalue weighted by atomic mass is 19.1. The molecule has 28 heavy (non-hydrogen) atoms. The molecular weight excluding hydrogens is 353 g/mol. The van der Waals surface area contributed by atoms with E-state index in [0.29, 0.717) is 18.6 Å². The van der Waals surface area contributed by atoms with Crippen molar-refractivity contribution in [3.63, 3.8) is 0 Å². The summed E-state index contributed by atoms with van der Waals surface area (Å²) in [5, 5.41) is 3.32. The lowest BCUT2D eigenvalue weighted by Crippen LogP contribution is -2.51. The van der Waals surface area contributed by atoms with Crippen LogP contribution in [0.1, 0.15) is 42.0 Å². The fourth-order valence-corrected chi connectivity index (χ4v) is 5.45. The van der Waals surface area contributed by atoms with Gasteiger partial charge in [0.2, 0.25) is 0 Å². The number of hydrogen-bond donors (Lipinski definition) is 1. The summed E-state index contributed by atoms with van der Waals surface area (Å²) in [5.41, 5.74) is 3.36. The van der Waals surface area contributed by atoms with Crippen LogP contribution in [0, 0.1) is 5.82 Å². The maximum atomic E-state index is 13.5. The van der Waals surface area contributed by atoms with Crippen molar-refractivity contribution in [3.05, 3.63) is 71.0 Å². The normalized spacial score (nSPS) is 29.0. The monoisotopic (exact) mass is 379 g/mol. The minimum Gasteiger partial charge on any atom is -0.334 e. The summed E-state index contributed by atoms with van der Waals surface area (Å²) in [4.78, 5) is 17.7. The molecule has 0 unspecified atom stereocenters. The summed E-state index contributed by atoms with van der Waals surface area (Å²) in [7, 11) is 2.17. The van der Waals surface area contributed by atoms with E-state index in [2.05, 4.69) is 29.4 Å². The second-order valence-corrected chi connectivity index (χ2v) is 8.35. The van der Waals surface area contributed by atoms with Crippen LogP contribution in [0.25, 0.3) is 0 Å². The lowest BCUT2D eigenvalue weighted by atomic mass is 9.88. The number of amides is 2. The molecule has 146 valence electrons. The lowest BCUT2D eigenvalue weighted by molar-refractivity contribution is 0.172. The molecule has 3 aliphatic rings. The van der Waals surface area contributed by atoms with Crippen LogP contribution in [-0.2, 0) is 6.42 Å². The van der Waals surface area contributed by atoms with Gasteiger partial charge in [-0.2, -0.15) is 0 Å². The first-order chi connectivity index (χ1) is 13.6. The summed E-state index contributed by atoms with van der Waals surface area (Å²) in [6.45, 7) is 0.668. The molecule has 5 rings (SSSR count). The number of likely N-dealkylation sites (N-methyl/N-ethyl adjacent to an activating group) is 1. The number of fused-ring (bicyclic) bond motifs is 3. The minimum absolute atomic E-state index is 0.00484. The Labute approximate surface area is 165 Å². The summed E-state index contributed by atoms with van der Waals surface area (Å²) < 4.78 is 13.5. The van der Waals surface area contributed by atoms with E-state index in [0.717, 1.165) is 30.4 Å². The second kappa shape index (κ2) is 6.89. The molecule has 2 aromatic carbocycles. The zero-order valence-electron chi connectivity index (χ0n) is 16.1. The van der Waals surface area contributed by atoms with Gasteiger partial charge in [0.05, 0.1) is 6.04 Å². The highest BCUT2D eigenvalue weighted by molar-refractivity contribution is 5.76. The molecule has 5 heteroatoms. The Balaban J connectivity index is 1.44. The number of rotatable bonds is 2. The van der Waals surface area contributed by atoms with Gasteiger partial charge in [0, 0.05) is 24.7 Å². The molecule has 4 nitrogen and oxygen atoms in total. The summed E-state index contributed by atoms with van der Waals surface area (Å²) >= 11 is 0. The molecule has 0 aliphatic carbocycles. The SMILES string of the molecule is CN1[C@@H]2CC[C@H]1[C@H](NC(=O)N1CCc3ccccc3[C@@H]1c1ccc(F)cc1)C2. The van der Waals surface area contributed by atoms with Crippen LogP contribution in [0.15, 0.2) is 48.5 Å². The zero-order chi connectivity index (χ0) is 19.3. The predicted octanol–water partition coefficient (Wildman–Crippen LogP) is 3.72. The third-order valence-corrected chi connectivity index (χ3v) is 6.92. The second-order valence-electron chi connectivity index (χ2n) is 8.35. The van der Waals surface area contributed by atoms with E-state index in [1.807, 2.05) is 17.0 Å². The first-order valence-electron chi connectivity index (χ1n) is 10.2. The third-order valence-electron chi connectivity index (χ3n) is 6.92. The molecule has 1 N–H and O–H groups in total. The smallest absolute Gasteiger partial charge is 0.318 e. The first-order valence-corrected chi connectivity index (χ1v) is 10.2. The number of carbonyl (C=O) groups excluding carboxylic acids is 1. The van der Waals surface area contributed by atoms with E-state index in [9.17, 15) is 9.18 Å². The van der Waals surface area contributed by atoms with Crippen LogP contribution in [0.4, 0.5) is 9.18 Å². The van der Waals surface area contributed by atoms with Crippen LogP contribution in [0.5, 0.6) is 0 Å². The Kier molecular flexibility index (Phi) is 4.35. The number of nitrogens with one attached hydrogen (secondary N) is 1. The zero-order valence-corrected chi connectivity index (χ0v) is 16.1. The van der Waals surface area contributed by atoms with Gasteiger partial charge in [0.1, 0.15) is 5.82 Å². The molecule has 4 atom stereocenters. The van der Waals surface area contributed by atoms with Gasteiger partial charge >= 0.3 is 6.03 Å². The molecular formula is C23H26FN3O. The van der Waals surface area contributed by atoms with Crippen molar-refractivity contribution in [3.8, 4) is 0 Å². The Hall–Kier alpha value is -2.40. The summed E-state index contributed by atoms with van der Waals surface area (Å²) in [6, 6.07) is 15.9. The van der Waals surface area contributed by atoms with Crippen LogP contribution < -0.4 is 5.32 Å². The number of urea groups is 1. The van der Waals surface area contributed by atoms with Crippen molar-refractivity contribution < 1.29 is 9.18 Å². The Morgan fingerprint density at radius 2 is 1.89 bits per heavy atom. The van der Waals surface area contributed by atoms with E-state index in [1.165, 1.54) is 24.1 Å². The molecule has 2 aromatic rings. The average Bonchev–Trinajstić information content (AvgIpc) is 3.21. The number of nitrogens with zero attached hydrogens (tertiary/aromatic N) is 2. The molecule has 2 amide bonds. The standard InChI is InChI=1S/C23H26FN3O/c1-26-18-10-11-21(26)20(14-18)25-23(28)27-13-12-15-4-2-3-5-19(15)22(27)16-6-8-17(24)9-7-16/h2-9,18,20-22H,10-14H2,1H3,(H,25,28)/t18-,20-,21+,22+/m1/s1. The highest BCUT2D eigenvalue weighted by Gasteiger charge is 2.45. The fraction of sp³-hybridized carbons (Fsp3) is 0.435. The van der Waals surface area contributed by atoms with Crippen molar-refractivity contribution in [2.24, 2.45) is 0 Å². The van der Waals surface area contributed by atoms with Crippen molar-refractivity contribution in [1.82, 2.24) is 15.1 Å². The fourth-order valence-electron chi connectivity index (χ4n) is 5.45. The number of halogens is 1. The van der Waals surface area contributed by atoms with E-state index >= 15 is 0 Å². The number of carbonyl (C=O) groups is 1. The maximum Gasteiger partial charge on any atom is 0.318 e. The number of hydrogen-bond acceptors (Lipinski definition) is 2. The summed E-state index contributed by atoms with van der Waals surface area (Å²) in [6.07, 6.45) is 4.29. The molecule has 3 aliphatic heterocycles. The first kappa shape index (κ1) is 17.7. The van der Waals surface area contributed by atoms with E-state index in [4.69, 9.17) is 0 Å². The largest absolute Gasteiger partial charge is 0.334 e. The molecule has 0 aromatic heterocycles. The van der Waals surface area contributed by atoms with Crippen molar-refractivity contribution in [2.75, 3.05) is 13.6 Å². The highest BCUT2D eigenvalue weighted by Crippen LogP contribution is 2.38. The van der Waals surface area contributed by atoms with Crippen LogP contribution >= 0.6 is 0 Å². The number of benzene rings is 2. The van der Waals surface area contributed by atoms with Crippen molar-refractivity contribution in [1.29, 1.82) is 0 Å². The van der Waals surface area contributed by atoms with Gasteiger partial charge in [-0.25, -0.2) is 9.18 Å². The van der Waals surface area contributed by atoms with Crippen molar-refractivity contribution in [2.45, 2.75) is 49.9 Å². The molecule has 0 saturated carbocycles. The summed E-state index contributed by atoms with van der Waals surface area (Å²) in [5.74, 6) is -0.256. The molecule has 2 saturated heterocycles. The average molecular weight is 379 g/mol. The van der Waals surface area contributed by atoms with E-state index in [-0.39, 0.29) is 23.9 Å². The van der Waals surface area contributed by atoms with Gasteiger partial charge in [-0.05, 0) is 61.6 Å². The quantitative estimate of drug-likeness (QED) is 0.863. The molecule has 0 spiro atoms. The van der Waals surface area contributed by atoms with Crippen LogP contribution in [-0.4, -0.2) is 47.5 Å². The Morgan fingerprint density at radius 1 is 1.11 bits per heavy atom. The van der Waals surface area contributed by atoms with Crippen molar-refractivity contribution >= 4 is 6.03 Å². The van der Waals surface area contributed by atoms with E-state index in [1.54, 1.807) is 12.1 Å². The van der Waals surface area contributed by atoms with Gasteiger partial charge < -0.3 is 10.2 Å². The van der Waals surface area contributed by atoms with Gasteiger partial charge in [0.15, 0.2) is 0 Å². The maximum absolute atomic E-state index is 13.5. The Morgan fingerprint density at radius 3 is 2.61 bits per heavy atom. The third kappa shape index (κ3) is 2.89. The Bertz CT molecular complexity index is 884. The van der Waals surface area contributed by atoms with E-state index < -0.39 is 0 Å². The van der Waals surface area contributed by atoms with Gasteiger partial charge in [0.25, 0.3) is 0 Å². The predicted molar refractivity (Wildman–Crippen MR) is 107 cm³/mol. The topological polar surface area (TPSA) is 35.6 Å². The molecule has 2 bridgehead atoms. The lowest BCUT2D eigenvalue weighted by Gasteiger charge is -2.39. The van der Waals surface area contributed by atoms with Crippen LogP contribution in [0.2, 0.25) is 0 Å². The minimum atomic E-state index is -0.256. The van der Waals surface area contributed by atoms with Crippen LogP contribution in [0.3, 0.4) is 0 Å². The van der Waals surface area contributed by atoms with Gasteiger partial charge in [-0.3, -0.25) is 4.90 Å². The van der Waals surface area contributed by atoms with Gasteiger partial charge in [-0.1, -0.05) is 36.4 Å². The molecule has 0 radical (unpaired) electrons.